The summed E-state index contributed by atoms with van der Waals surface area (Å²) in [6, 6.07) is 36.7. The first kappa shape index (κ1) is 31.0. The third-order valence-electron chi connectivity index (χ3n) is 8.96. The largest absolute Gasteiger partial charge is 0.482 e. The van der Waals surface area contributed by atoms with Crippen molar-refractivity contribution >= 4 is 39.9 Å². The van der Waals surface area contributed by atoms with E-state index in [9.17, 15) is 9.59 Å². The Morgan fingerprint density at radius 3 is 2.17 bits per heavy atom. The minimum Gasteiger partial charge on any atom is -0.482 e. The topological polar surface area (TPSA) is 59.1 Å². The summed E-state index contributed by atoms with van der Waals surface area (Å²) in [4.78, 5) is 30.3. The van der Waals surface area contributed by atoms with Crippen molar-refractivity contribution in [3.05, 3.63) is 125 Å². The Bertz CT molecular complexity index is 1910. The smallest absolute Gasteiger partial charge is 0.316 e. The van der Waals surface area contributed by atoms with Crippen LogP contribution in [-0.2, 0) is 9.59 Å². The summed E-state index contributed by atoms with van der Waals surface area (Å²) >= 11 is 7.02. The molecule has 0 bridgehead atoms. The van der Waals surface area contributed by atoms with Gasteiger partial charge < -0.3 is 14.4 Å². The number of hydrogen-bond acceptors (Lipinski definition) is 5. The number of halogens is 1. The van der Waals surface area contributed by atoms with Gasteiger partial charge >= 0.3 is 5.97 Å². The number of rotatable bonds is 7. The summed E-state index contributed by atoms with van der Waals surface area (Å²) in [6.45, 7) is 7.76. The van der Waals surface area contributed by atoms with E-state index in [4.69, 9.17) is 21.1 Å². The molecule has 5 aromatic rings. The molecule has 0 unspecified atom stereocenters. The van der Waals surface area contributed by atoms with Crippen LogP contribution in [0.5, 0.6) is 11.5 Å². The van der Waals surface area contributed by atoms with Crippen molar-refractivity contribution < 1.29 is 19.1 Å². The number of hydrogen-bond donors (Lipinski definition) is 0. The van der Waals surface area contributed by atoms with Gasteiger partial charge in [-0.15, -0.1) is 0 Å². The van der Waals surface area contributed by atoms with E-state index >= 15 is 0 Å². The molecule has 238 valence electrons. The third-order valence-corrected chi connectivity index (χ3v) is 9.27. The highest BCUT2D eigenvalue weighted by Gasteiger charge is 2.38. The van der Waals surface area contributed by atoms with Crippen LogP contribution < -0.4 is 14.4 Å². The third kappa shape index (κ3) is 6.23. The molecular weight excluding hydrogens is 608 g/mol. The maximum Gasteiger partial charge on any atom is 0.316 e. The van der Waals surface area contributed by atoms with Crippen LogP contribution in [0.15, 0.2) is 109 Å². The second-order valence-electron chi connectivity index (χ2n) is 13.5. The summed E-state index contributed by atoms with van der Waals surface area (Å²) in [5, 5.41) is 2.38. The van der Waals surface area contributed by atoms with Gasteiger partial charge in [0.2, 0.25) is 0 Å². The Morgan fingerprint density at radius 2 is 1.51 bits per heavy atom. The zero-order valence-electron chi connectivity index (χ0n) is 26.8. The van der Waals surface area contributed by atoms with Crippen molar-refractivity contribution in [2.75, 3.05) is 31.1 Å². The second kappa shape index (κ2) is 12.5. The highest BCUT2D eigenvalue weighted by atomic mass is 35.5. The predicted octanol–water partition coefficient (Wildman–Crippen LogP) is 8.56. The summed E-state index contributed by atoms with van der Waals surface area (Å²) < 4.78 is 11.8. The van der Waals surface area contributed by atoms with Crippen LogP contribution in [0.2, 0.25) is 5.02 Å². The molecule has 0 atom stereocenters. The van der Waals surface area contributed by atoms with Gasteiger partial charge in [0.05, 0.1) is 22.2 Å². The van der Waals surface area contributed by atoms with Crippen molar-refractivity contribution in [1.29, 1.82) is 0 Å². The molecule has 1 fully saturated rings. The fraction of sp³-hybridized carbons (Fsp3) is 0.250. The van der Waals surface area contributed by atoms with E-state index in [2.05, 4.69) is 53.4 Å². The molecule has 2 aliphatic rings. The Labute approximate surface area is 280 Å². The minimum absolute atomic E-state index is 0.0366. The summed E-state index contributed by atoms with van der Waals surface area (Å²) in [6.07, 6.45) is 0. The zero-order chi connectivity index (χ0) is 32.7. The van der Waals surface area contributed by atoms with Crippen molar-refractivity contribution in [3.8, 4) is 22.6 Å². The number of benzene rings is 5. The average Bonchev–Trinajstić information content (AvgIpc) is 3.05. The number of carbonyl (C=O) groups excluding carboxylic acids is 2. The van der Waals surface area contributed by atoms with E-state index in [0.29, 0.717) is 34.7 Å². The average molecular weight is 645 g/mol. The van der Waals surface area contributed by atoms with E-state index < -0.39 is 5.41 Å². The number of likely N-dealkylation sites (tertiary alicyclic amines) is 1. The normalized spacial score (nSPS) is 15.3. The highest BCUT2D eigenvalue weighted by molar-refractivity contribution is 6.34. The first-order chi connectivity index (χ1) is 22.7. The van der Waals surface area contributed by atoms with Gasteiger partial charge in [-0.25, -0.2) is 0 Å². The maximum atomic E-state index is 13.3. The summed E-state index contributed by atoms with van der Waals surface area (Å²) in [5.41, 5.74) is 4.11. The predicted molar refractivity (Wildman–Crippen MR) is 187 cm³/mol. The molecule has 0 N–H and O–H groups in total. The monoisotopic (exact) mass is 644 g/mol. The summed E-state index contributed by atoms with van der Waals surface area (Å²) in [7, 11) is 0. The second-order valence-corrected chi connectivity index (χ2v) is 13.9. The lowest BCUT2D eigenvalue weighted by Crippen LogP contribution is -2.54. The molecule has 0 radical (unpaired) electrons. The molecule has 1 saturated heterocycles. The van der Waals surface area contributed by atoms with Crippen LogP contribution in [0.1, 0.15) is 37.9 Å². The number of fused-ring (bicyclic) bond motifs is 2. The first-order valence-electron chi connectivity index (χ1n) is 16.0. The van der Waals surface area contributed by atoms with Gasteiger partial charge in [-0.2, -0.15) is 0 Å². The number of esters is 1. The van der Waals surface area contributed by atoms with Crippen LogP contribution >= 0.6 is 11.6 Å². The van der Waals surface area contributed by atoms with Gasteiger partial charge in [0.15, 0.2) is 6.61 Å². The van der Waals surface area contributed by atoms with Gasteiger partial charge in [-0.3, -0.25) is 14.5 Å². The molecule has 0 spiro atoms. The highest BCUT2D eigenvalue weighted by Crippen LogP contribution is 2.45. The molecule has 47 heavy (non-hydrogen) atoms. The fourth-order valence-corrected chi connectivity index (χ4v) is 6.79. The number of anilines is 1. The quantitative estimate of drug-likeness (QED) is 0.131. The van der Waals surface area contributed by atoms with Crippen LogP contribution in [0, 0.1) is 11.3 Å². The van der Waals surface area contributed by atoms with Gasteiger partial charge in [-0.1, -0.05) is 96.5 Å². The number of amides is 1. The van der Waals surface area contributed by atoms with E-state index in [1.807, 2.05) is 86.3 Å². The molecule has 2 aliphatic heterocycles. The van der Waals surface area contributed by atoms with Crippen molar-refractivity contribution in [2.24, 2.45) is 11.3 Å². The fourth-order valence-electron chi connectivity index (χ4n) is 6.53. The van der Waals surface area contributed by atoms with E-state index in [1.165, 1.54) is 11.1 Å². The van der Waals surface area contributed by atoms with Crippen LogP contribution in [-0.4, -0.2) is 43.0 Å². The maximum absolute atomic E-state index is 13.3. The van der Waals surface area contributed by atoms with E-state index in [0.717, 1.165) is 35.0 Å². The molecule has 1 amide bonds. The molecule has 0 aromatic heterocycles. The van der Waals surface area contributed by atoms with Crippen molar-refractivity contribution in [2.45, 2.75) is 26.8 Å². The van der Waals surface area contributed by atoms with Crippen LogP contribution in [0.4, 0.5) is 5.69 Å². The zero-order valence-corrected chi connectivity index (χ0v) is 27.5. The summed E-state index contributed by atoms with van der Waals surface area (Å²) in [5.74, 6) is 0.957. The Balaban J connectivity index is 1.16. The lowest BCUT2D eigenvalue weighted by Gasteiger charge is -2.46. The van der Waals surface area contributed by atoms with Gasteiger partial charge in [0, 0.05) is 31.1 Å². The van der Waals surface area contributed by atoms with E-state index in [1.54, 1.807) is 0 Å². The molecule has 0 aliphatic carbocycles. The van der Waals surface area contributed by atoms with Gasteiger partial charge in [-0.05, 0) is 72.5 Å². The number of nitrogens with zero attached hydrogens (tertiary/aromatic N) is 2. The van der Waals surface area contributed by atoms with Crippen LogP contribution in [0.3, 0.4) is 0 Å². The number of carbonyl (C=O) groups is 2. The Kier molecular flexibility index (Phi) is 8.25. The molecular formula is C40H37ClN2O4. The molecule has 2 heterocycles. The lowest BCUT2D eigenvalue weighted by molar-refractivity contribution is -0.143. The molecule has 0 saturated carbocycles. The first-order valence-corrected chi connectivity index (χ1v) is 16.4. The SMILES string of the molecule is CC(C)(C)C(=O)Oc1cc(-c2cc3c(cc2Cl)N(CC2CN(C(c4ccccc4)c4ccccc4)C2)C(=O)CO3)c2ccccc2c1. The molecule has 5 aromatic carbocycles. The van der Waals surface area contributed by atoms with Crippen LogP contribution in [0.25, 0.3) is 21.9 Å². The molecule has 7 heteroatoms. The van der Waals surface area contributed by atoms with E-state index in [-0.39, 0.29) is 24.5 Å². The van der Waals surface area contributed by atoms with Crippen molar-refractivity contribution in [3.63, 3.8) is 0 Å². The number of ether oxygens (including phenoxy) is 2. The minimum atomic E-state index is -0.652. The molecule has 6 nitrogen and oxygen atoms in total. The lowest BCUT2D eigenvalue weighted by atomic mass is 9.89. The van der Waals surface area contributed by atoms with Gasteiger partial charge in [0.1, 0.15) is 11.5 Å². The molecule has 7 rings (SSSR count). The van der Waals surface area contributed by atoms with Gasteiger partial charge in [0.25, 0.3) is 5.91 Å². The Hall–Kier alpha value is -4.65. The standard InChI is InChI=1S/C40H37ClN2O4/c1-40(2,3)39(45)47-30-18-29-16-10-11-17-31(29)32(19-30)33-20-36-35(21-34(33)41)43(37(44)25-46-36)24-26-22-42(23-26)38(27-12-6-4-7-13-27)28-14-8-5-9-15-28/h4-21,26,38H,22-25H2,1-3H3. The Morgan fingerprint density at radius 1 is 0.872 bits per heavy atom. The van der Waals surface area contributed by atoms with Crippen molar-refractivity contribution in [1.82, 2.24) is 4.90 Å².